The van der Waals surface area contributed by atoms with E-state index < -0.39 is 10.0 Å². The van der Waals surface area contributed by atoms with Crippen LogP contribution in [0.5, 0.6) is 0 Å². The van der Waals surface area contributed by atoms with Gasteiger partial charge in [-0.1, -0.05) is 12.0 Å². The van der Waals surface area contributed by atoms with E-state index in [1.54, 1.807) is 10.6 Å². The van der Waals surface area contributed by atoms with Crippen molar-refractivity contribution in [2.45, 2.75) is 38.4 Å². The molecule has 0 saturated carbocycles. The lowest BCUT2D eigenvalue weighted by Crippen LogP contribution is -2.31. The van der Waals surface area contributed by atoms with Crippen LogP contribution in [-0.2, 0) is 16.6 Å². The fourth-order valence-corrected chi connectivity index (χ4v) is 3.31. The van der Waals surface area contributed by atoms with Gasteiger partial charge in [0.25, 0.3) is 10.0 Å². The molecule has 122 valence electrons. The number of aryl methyl sites for hydroxylation is 1. The smallest absolute Gasteiger partial charge is 0.263 e. The third-order valence-electron chi connectivity index (χ3n) is 3.33. The molecule has 2 aromatic rings. The molecule has 0 aliphatic heterocycles. The summed E-state index contributed by atoms with van der Waals surface area (Å²) in [4.78, 5) is 8.35. The summed E-state index contributed by atoms with van der Waals surface area (Å²) >= 11 is 0. The maximum atomic E-state index is 12.8. The fraction of sp³-hybridized carbons (Fsp3) is 0.375. The number of pyridine rings is 1. The van der Waals surface area contributed by atoms with E-state index in [1.165, 1.54) is 16.8 Å². The van der Waals surface area contributed by atoms with Gasteiger partial charge in [0.05, 0.1) is 25.1 Å². The Morgan fingerprint density at radius 3 is 2.70 bits per heavy atom. The second kappa shape index (κ2) is 6.94. The van der Waals surface area contributed by atoms with E-state index in [9.17, 15) is 8.42 Å². The van der Waals surface area contributed by atoms with E-state index in [1.807, 2.05) is 32.9 Å². The molecule has 2 rings (SSSR count). The molecule has 0 N–H and O–H groups in total. The molecule has 0 aromatic carbocycles. The number of hydrogen-bond acceptors (Lipinski definition) is 4. The summed E-state index contributed by atoms with van der Waals surface area (Å²) in [5.74, 6) is 2.39. The van der Waals surface area contributed by atoms with E-state index in [-0.39, 0.29) is 24.2 Å². The van der Waals surface area contributed by atoms with Crippen LogP contribution in [-0.4, -0.2) is 33.8 Å². The lowest BCUT2D eigenvalue weighted by Gasteiger charge is -2.18. The molecule has 6 nitrogen and oxygen atoms in total. The van der Waals surface area contributed by atoms with Crippen LogP contribution < -0.4 is 0 Å². The molecule has 0 bridgehead atoms. The monoisotopic (exact) mass is 332 g/mol. The van der Waals surface area contributed by atoms with Crippen LogP contribution in [0.1, 0.15) is 31.3 Å². The third-order valence-corrected chi connectivity index (χ3v) is 5.01. The van der Waals surface area contributed by atoms with Crippen LogP contribution in [0.2, 0.25) is 0 Å². The highest BCUT2D eigenvalue weighted by molar-refractivity contribution is 7.89. The molecule has 0 aliphatic carbocycles. The molecule has 0 unspecified atom stereocenters. The molecule has 23 heavy (non-hydrogen) atoms. The molecule has 7 heteroatoms. The minimum Gasteiger partial charge on any atom is -0.334 e. The van der Waals surface area contributed by atoms with Crippen LogP contribution in [0.15, 0.2) is 35.7 Å². The molecule has 0 amide bonds. The topological polar surface area (TPSA) is 68.1 Å². The summed E-state index contributed by atoms with van der Waals surface area (Å²) in [6, 6.07) is 5.60. The van der Waals surface area contributed by atoms with E-state index in [0.717, 1.165) is 5.69 Å². The summed E-state index contributed by atoms with van der Waals surface area (Å²) in [6.07, 6.45) is 8.37. The van der Waals surface area contributed by atoms with Gasteiger partial charge in [0.1, 0.15) is 0 Å². The van der Waals surface area contributed by atoms with Crippen molar-refractivity contribution in [2.75, 3.05) is 6.54 Å². The van der Waals surface area contributed by atoms with Crippen LogP contribution in [0.25, 0.3) is 0 Å². The Bertz CT molecular complexity index is 819. The lowest BCUT2D eigenvalue weighted by molar-refractivity contribution is 0.435. The summed E-state index contributed by atoms with van der Waals surface area (Å²) in [6.45, 7) is 5.84. The minimum atomic E-state index is -3.77. The van der Waals surface area contributed by atoms with Gasteiger partial charge in [0.15, 0.2) is 5.03 Å². The number of aromatic nitrogens is 3. The van der Waals surface area contributed by atoms with Gasteiger partial charge < -0.3 is 4.57 Å². The standard InChI is InChI=1S/C16H20N4O2S/c1-5-9-20(10-15-8-6-7-14(4)18-15)23(21,22)16-11-19(12-17-16)13(2)3/h1,6-8,11-13H,9-10H2,2-4H3. The molecule has 0 spiro atoms. The number of sulfonamides is 1. The quantitative estimate of drug-likeness (QED) is 0.759. The van der Waals surface area contributed by atoms with Crippen LogP contribution in [0.4, 0.5) is 0 Å². The van der Waals surface area contributed by atoms with Crippen LogP contribution in [0, 0.1) is 19.3 Å². The van der Waals surface area contributed by atoms with Gasteiger partial charge in [-0.15, -0.1) is 6.42 Å². The third kappa shape index (κ3) is 3.97. The maximum Gasteiger partial charge on any atom is 0.263 e. The van der Waals surface area contributed by atoms with Crippen molar-refractivity contribution in [2.24, 2.45) is 0 Å². The highest BCUT2D eigenvalue weighted by Gasteiger charge is 2.27. The Morgan fingerprint density at radius 1 is 1.39 bits per heavy atom. The predicted octanol–water partition coefficient (Wildman–Crippen LogP) is 1.99. The lowest BCUT2D eigenvalue weighted by atomic mass is 10.3. The van der Waals surface area contributed by atoms with Crippen molar-refractivity contribution in [3.63, 3.8) is 0 Å². The van der Waals surface area contributed by atoms with E-state index in [0.29, 0.717) is 5.69 Å². The highest BCUT2D eigenvalue weighted by Crippen LogP contribution is 2.17. The van der Waals surface area contributed by atoms with Crippen LogP contribution >= 0.6 is 0 Å². The average Bonchev–Trinajstić information content (AvgIpc) is 2.97. The molecule has 2 heterocycles. The molecule has 0 saturated heterocycles. The Balaban J connectivity index is 2.33. The molecule has 0 atom stereocenters. The van der Waals surface area contributed by atoms with Crippen molar-refractivity contribution in [1.29, 1.82) is 0 Å². The maximum absolute atomic E-state index is 12.8. The Hall–Kier alpha value is -2.17. The number of rotatable bonds is 6. The van der Waals surface area contributed by atoms with Gasteiger partial charge in [-0.05, 0) is 32.9 Å². The van der Waals surface area contributed by atoms with Crippen molar-refractivity contribution in [3.05, 3.63) is 42.1 Å². The highest BCUT2D eigenvalue weighted by atomic mass is 32.2. The van der Waals surface area contributed by atoms with Crippen molar-refractivity contribution in [3.8, 4) is 12.3 Å². The second-order valence-electron chi connectivity index (χ2n) is 5.50. The van der Waals surface area contributed by atoms with E-state index in [2.05, 4.69) is 15.9 Å². The van der Waals surface area contributed by atoms with Crippen molar-refractivity contribution < 1.29 is 8.42 Å². The number of hydrogen-bond donors (Lipinski definition) is 0. The molecule has 0 aliphatic rings. The van der Waals surface area contributed by atoms with Gasteiger partial charge >= 0.3 is 0 Å². The molecular weight excluding hydrogens is 312 g/mol. The first-order chi connectivity index (χ1) is 10.8. The first-order valence-corrected chi connectivity index (χ1v) is 8.68. The summed E-state index contributed by atoms with van der Waals surface area (Å²) in [7, 11) is -3.77. The van der Waals surface area contributed by atoms with E-state index >= 15 is 0 Å². The summed E-state index contributed by atoms with van der Waals surface area (Å²) in [5.41, 5.74) is 1.47. The largest absolute Gasteiger partial charge is 0.334 e. The van der Waals surface area contributed by atoms with Gasteiger partial charge in [0, 0.05) is 17.9 Å². The van der Waals surface area contributed by atoms with Gasteiger partial charge in [-0.25, -0.2) is 13.4 Å². The number of imidazole rings is 1. The average molecular weight is 332 g/mol. The normalized spacial score (nSPS) is 11.8. The van der Waals surface area contributed by atoms with Crippen LogP contribution in [0.3, 0.4) is 0 Å². The first kappa shape index (κ1) is 17.2. The fourth-order valence-electron chi connectivity index (χ4n) is 2.06. The number of terminal acetylenes is 1. The Labute approximate surface area is 137 Å². The zero-order valence-corrected chi connectivity index (χ0v) is 14.3. The molecular formula is C16H20N4O2S. The Morgan fingerprint density at radius 2 is 2.13 bits per heavy atom. The molecule has 0 fully saturated rings. The summed E-state index contributed by atoms with van der Waals surface area (Å²) in [5, 5.41) is -0.00546. The van der Waals surface area contributed by atoms with Crippen molar-refractivity contribution in [1.82, 2.24) is 18.8 Å². The van der Waals surface area contributed by atoms with Crippen molar-refractivity contribution >= 4 is 10.0 Å². The Kier molecular flexibility index (Phi) is 5.19. The zero-order chi connectivity index (χ0) is 17.0. The molecule has 2 aromatic heterocycles. The molecule has 0 radical (unpaired) electrons. The number of nitrogens with zero attached hydrogens (tertiary/aromatic N) is 4. The van der Waals surface area contributed by atoms with Gasteiger partial charge in [0.2, 0.25) is 0 Å². The van der Waals surface area contributed by atoms with Gasteiger partial charge in [-0.2, -0.15) is 4.31 Å². The zero-order valence-electron chi connectivity index (χ0n) is 13.5. The predicted molar refractivity (Wildman–Crippen MR) is 88.0 cm³/mol. The van der Waals surface area contributed by atoms with E-state index in [4.69, 9.17) is 6.42 Å². The summed E-state index contributed by atoms with van der Waals surface area (Å²) < 4.78 is 28.5. The second-order valence-corrected chi connectivity index (χ2v) is 7.39. The van der Waals surface area contributed by atoms with Gasteiger partial charge in [-0.3, -0.25) is 4.98 Å². The SMILES string of the molecule is C#CCN(Cc1cccc(C)n1)S(=O)(=O)c1cn(C(C)C)cn1. The first-order valence-electron chi connectivity index (χ1n) is 7.24. The minimum absolute atomic E-state index is 0.00546.